The molecular formula is C12H24ClN3O2. The summed E-state index contributed by atoms with van der Waals surface area (Å²) in [7, 11) is 3.36. The van der Waals surface area contributed by atoms with E-state index in [1.54, 1.807) is 19.0 Å². The number of amides is 2. The molecule has 1 saturated carbocycles. The molecule has 0 aromatic carbocycles. The van der Waals surface area contributed by atoms with Crippen LogP contribution in [0.5, 0.6) is 0 Å². The molecule has 0 bridgehead atoms. The molecule has 1 rings (SSSR count). The first-order valence-corrected chi connectivity index (χ1v) is 6.17. The van der Waals surface area contributed by atoms with E-state index in [0.717, 1.165) is 19.3 Å². The van der Waals surface area contributed by atoms with E-state index in [0.29, 0.717) is 6.54 Å². The van der Waals surface area contributed by atoms with E-state index in [1.165, 1.54) is 0 Å². The van der Waals surface area contributed by atoms with Crippen LogP contribution in [0.3, 0.4) is 0 Å². The molecule has 1 aliphatic carbocycles. The number of nitrogens with one attached hydrogen (secondary N) is 1. The summed E-state index contributed by atoms with van der Waals surface area (Å²) in [4.78, 5) is 25.1. The minimum Gasteiger partial charge on any atom is -0.359 e. The van der Waals surface area contributed by atoms with Crippen LogP contribution in [0.4, 0.5) is 0 Å². The number of carbonyl (C=O) groups is 2. The van der Waals surface area contributed by atoms with E-state index in [-0.39, 0.29) is 42.1 Å². The van der Waals surface area contributed by atoms with Crippen LogP contribution in [0.15, 0.2) is 0 Å². The van der Waals surface area contributed by atoms with Gasteiger partial charge in [0.2, 0.25) is 11.8 Å². The summed E-state index contributed by atoms with van der Waals surface area (Å²) in [6.07, 6.45) is 2.57. The van der Waals surface area contributed by atoms with Crippen molar-refractivity contribution in [2.45, 2.75) is 32.2 Å². The molecule has 0 spiro atoms. The lowest BCUT2D eigenvalue weighted by Gasteiger charge is -2.23. The molecule has 0 aromatic heterocycles. The van der Waals surface area contributed by atoms with Gasteiger partial charge >= 0.3 is 0 Å². The van der Waals surface area contributed by atoms with Crippen molar-refractivity contribution in [1.29, 1.82) is 0 Å². The Morgan fingerprint density at radius 3 is 2.50 bits per heavy atom. The molecule has 2 amide bonds. The molecule has 6 heteroatoms. The van der Waals surface area contributed by atoms with Crippen molar-refractivity contribution in [2.24, 2.45) is 17.6 Å². The van der Waals surface area contributed by atoms with Gasteiger partial charge in [-0.15, -0.1) is 12.4 Å². The molecule has 3 N–H and O–H groups in total. The van der Waals surface area contributed by atoms with Crippen molar-refractivity contribution in [1.82, 2.24) is 10.2 Å². The zero-order valence-corrected chi connectivity index (χ0v) is 12.1. The molecule has 1 fully saturated rings. The van der Waals surface area contributed by atoms with Crippen LogP contribution in [0.25, 0.3) is 0 Å². The fourth-order valence-corrected chi connectivity index (χ4v) is 2.38. The lowest BCUT2D eigenvalue weighted by molar-refractivity contribution is -0.135. The van der Waals surface area contributed by atoms with Crippen molar-refractivity contribution in [2.75, 3.05) is 20.6 Å². The van der Waals surface area contributed by atoms with Crippen molar-refractivity contribution >= 4 is 24.2 Å². The molecule has 3 atom stereocenters. The van der Waals surface area contributed by atoms with Gasteiger partial charge in [-0.2, -0.15) is 0 Å². The maximum atomic E-state index is 12.1. The Balaban J connectivity index is 0.00000289. The van der Waals surface area contributed by atoms with Crippen LogP contribution in [0, 0.1) is 11.8 Å². The number of carbonyl (C=O) groups excluding carboxylic acids is 2. The number of nitrogens with two attached hydrogens (primary N) is 1. The predicted octanol–water partition coefficient (Wildman–Crippen LogP) is 0.376. The highest BCUT2D eigenvalue weighted by Crippen LogP contribution is 2.25. The van der Waals surface area contributed by atoms with Gasteiger partial charge in [-0.1, -0.05) is 6.92 Å². The molecular weight excluding hydrogens is 254 g/mol. The normalized spacial score (nSPS) is 24.0. The van der Waals surface area contributed by atoms with Crippen molar-refractivity contribution in [3.63, 3.8) is 0 Å². The van der Waals surface area contributed by atoms with E-state index >= 15 is 0 Å². The number of rotatable bonds is 4. The van der Waals surface area contributed by atoms with Gasteiger partial charge < -0.3 is 16.0 Å². The fraction of sp³-hybridized carbons (Fsp3) is 0.833. The Bertz CT molecular complexity index is 299. The van der Waals surface area contributed by atoms with E-state index in [2.05, 4.69) is 5.32 Å². The summed E-state index contributed by atoms with van der Waals surface area (Å²) in [5.74, 6) is -0.0441. The second-order valence-electron chi connectivity index (χ2n) is 5.00. The second kappa shape index (κ2) is 7.59. The zero-order valence-electron chi connectivity index (χ0n) is 11.3. The van der Waals surface area contributed by atoms with Gasteiger partial charge in [0, 0.05) is 32.6 Å². The monoisotopic (exact) mass is 277 g/mol. The molecule has 0 heterocycles. The third-order valence-electron chi connectivity index (χ3n) is 3.44. The smallest absolute Gasteiger partial charge is 0.225 e. The summed E-state index contributed by atoms with van der Waals surface area (Å²) in [6.45, 7) is 2.28. The Hall–Kier alpha value is -0.810. The Kier molecular flexibility index (Phi) is 7.25. The molecule has 0 saturated heterocycles. The van der Waals surface area contributed by atoms with E-state index < -0.39 is 0 Å². The van der Waals surface area contributed by atoms with Gasteiger partial charge in [-0.3, -0.25) is 9.59 Å². The lowest BCUT2D eigenvalue weighted by atomic mass is 10.1. The van der Waals surface area contributed by atoms with Gasteiger partial charge in [0.25, 0.3) is 0 Å². The highest BCUT2D eigenvalue weighted by Gasteiger charge is 2.30. The number of hydrogen-bond acceptors (Lipinski definition) is 3. The van der Waals surface area contributed by atoms with Crippen LogP contribution in [-0.2, 0) is 9.59 Å². The molecule has 5 nitrogen and oxygen atoms in total. The molecule has 0 aliphatic heterocycles. The Morgan fingerprint density at radius 1 is 1.44 bits per heavy atom. The standard InChI is InChI=1S/C12H23N3O2.ClH/c1-8(11(16)14-2)7-15(3)12(17)9-4-5-10(13)6-9;/h8-10H,4-7,13H2,1-3H3,(H,14,16);1H. The zero-order chi connectivity index (χ0) is 13.0. The van der Waals surface area contributed by atoms with Gasteiger partial charge in [-0.25, -0.2) is 0 Å². The van der Waals surface area contributed by atoms with Crippen LogP contribution in [0.2, 0.25) is 0 Å². The van der Waals surface area contributed by atoms with Gasteiger partial charge in [0.1, 0.15) is 0 Å². The van der Waals surface area contributed by atoms with Gasteiger partial charge in [-0.05, 0) is 19.3 Å². The van der Waals surface area contributed by atoms with Crippen molar-refractivity contribution < 1.29 is 9.59 Å². The first kappa shape index (κ1) is 17.2. The summed E-state index contributed by atoms with van der Waals surface area (Å²) in [5.41, 5.74) is 5.80. The summed E-state index contributed by atoms with van der Waals surface area (Å²) in [5, 5.41) is 2.59. The lowest BCUT2D eigenvalue weighted by Crippen LogP contribution is -2.39. The first-order valence-electron chi connectivity index (χ1n) is 6.17. The maximum Gasteiger partial charge on any atom is 0.225 e. The molecule has 3 unspecified atom stereocenters. The van der Waals surface area contributed by atoms with Crippen LogP contribution in [-0.4, -0.2) is 43.4 Å². The first-order chi connectivity index (χ1) is 7.95. The summed E-state index contributed by atoms with van der Waals surface area (Å²) < 4.78 is 0. The fourth-order valence-electron chi connectivity index (χ4n) is 2.38. The predicted molar refractivity (Wildman–Crippen MR) is 73.4 cm³/mol. The minimum atomic E-state index is -0.177. The average Bonchev–Trinajstić information content (AvgIpc) is 2.73. The third-order valence-corrected chi connectivity index (χ3v) is 3.44. The van der Waals surface area contributed by atoms with E-state index in [1.807, 2.05) is 6.92 Å². The molecule has 1 aliphatic rings. The van der Waals surface area contributed by atoms with E-state index in [9.17, 15) is 9.59 Å². The highest BCUT2D eigenvalue weighted by atomic mass is 35.5. The summed E-state index contributed by atoms with van der Waals surface area (Å²) >= 11 is 0. The van der Waals surface area contributed by atoms with Crippen LogP contribution in [0.1, 0.15) is 26.2 Å². The Labute approximate surface area is 115 Å². The minimum absolute atomic E-state index is 0. The van der Waals surface area contributed by atoms with Crippen molar-refractivity contribution in [3.05, 3.63) is 0 Å². The van der Waals surface area contributed by atoms with Gasteiger partial charge in [0.05, 0.1) is 5.92 Å². The molecule has 0 radical (unpaired) electrons. The molecule has 18 heavy (non-hydrogen) atoms. The highest BCUT2D eigenvalue weighted by molar-refractivity contribution is 5.85. The van der Waals surface area contributed by atoms with Crippen LogP contribution < -0.4 is 11.1 Å². The van der Waals surface area contributed by atoms with Crippen molar-refractivity contribution in [3.8, 4) is 0 Å². The number of halogens is 1. The van der Waals surface area contributed by atoms with Crippen LogP contribution >= 0.6 is 12.4 Å². The SMILES string of the molecule is CNC(=O)C(C)CN(C)C(=O)C1CCC(N)C1.Cl. The quantitative estimate of drug-likeness (QED) is 0.780. The molecule has 106 valence electrons. The topological polar surface area (TPSA) is 75.4 Å². The number of nitrogens with zero attached hydrogens (tertiary/aromatic N) is 1. The number of hydrogen-bond donors (Lipinski definition) is 2. The van der Waals surface area contributed by atoms with Gasteiger partial charge in [0.15, 0.2) is 0 Å². The largest absolute Gasteiger partial charge is 0.359 e. The summed E-state index contributed by atoms with van der Waals surface area (Å²) in [6, 6.07) is 0.161. The second-order valence-corrected chi connectivity index (χ2v) is 5.00. The average molecular weight is 278 g/mol. The third kappa shape index (κ3) is 4.46. The maximum absolute atomic E-state index is 12.1. The Morgan fingerprint density at radius 2 is 2.06 bits per heavy atom. The van der Waals surface area contributed by atoms with E-state index in [4.69, 9.17) is 5.73 Å². The molecule has 0 aromatic rings.